The molecule has 29 heavy (non-hydrogen) atoms. The summed E-state index contributed by atoms with van der Waals surface area (Å²) in [6.07, 6.45) is 0. The van der Waals surface area contributed by atoms with Crippen LogP contribution in [0.3, 0.4) is 0 Å². The molecule has 1 fully saturated rings. The fourth-order valence-electron chi connectivity index (χ4n) is 3.64. The summed E-state index contributed by atoms with van der Waals surface area (Å²) in [7, 11) is -3.82. The molecule has 1 saturated heterocycles. The Morgan fingerprint density at radius 3 is 2.66 bits per heavy atom. The van der Waals surface area contributed by atoms with Gasteiger partial charge in [0.05, 0.1) is 23.8 Å². The van der Waals surface area contributed by atoms with Gasteiger partial charge in [0.1, 0.15) is 6.54 Å². The predicted molar refractivity (Wildman–Crippen MR) is 114 cm³/mol. The molecule has 2 aliphatic heterocycles. The number of hydrogen-bond donors (Lipinski definition) is 1. The average molecular weight is 480 g/mol. The van der Waals surface area contributed by atoms with Gasteiger partial charge in [-0.1, -0.05) is 34.1 Å². The predicted octanol–water partition coefficient (Wildman–Crippen LogP) is 2.07. The lowest BCUT2D eigenvalue weighted by Crippen LogP contribution is -2.45. The van der Waals surface area contributed by atoms with Crippen molar-refractivity contribution in [3.05, 3.63) is 46.9 Å². The lowest BCUT2D eigenvalue weighted by molar-refractivity contribution is -0.119. The highest BCUT2D eigenvalue weighted by Gasteiger charge is 2.35. The molecule has 0 radical (unpaired) electrons. The molecule has 0 saturated carbocycles. The van der Waals surface area contributed by atoms with Gasteiger partial charge in [0.25, 0.3) is 10.0 Å². The van der Waals surface area contributed by atoms with Gasteiger partial charge < -0.3 is 10.1 Å². The van der Waals surface area contributed by atoms with Crippen LogP contribution in [0.4, 0.5) is 5.69 Å². The van der Waals surface area contributed by atoms with E-state index in [9.17, 15) is 13.2 Å². The summed E-state index contributed by atoms with van der Waals surface area (Å²) in [5.74, 6) is -0.324. The number of halogens is 1. The number of ether oxygens (including phenoxy) is 1. The summed E-state index contributed by atoms with van der Waals surface area (Å²) < 4.78 is 33.8. The summed E-state index contributed by atoms with van der Waals surface area (Å²) in [5.41, 5.74) is 1.94. The van der Waals surface area contributed by atoms with Gasteiger partial charge in [0.15, 0.2) is 0 Å². The number of fused-ring (bicyclic) bond motifs is 3. The van der Waals surface area contributed by atoms with Gasteiger partial charge in [-0.15, -0.1) is 0 Å². The van der Waals surface area contributed by atoms with Gasteiger partial charge in [0, 0.05) is 41.8 Å². The molecule has 0 aliphatic carbocycles. The number of anilines is 1. The molecule has 2 heterocycles. The van der Waals surface area contributed by atoms with Crippen LogP contribution in [-0.4, -0.2) is 65.2 Å². The van der Waals surface area contributed by atoms with E-state index in [1.165, 1.54) is 4.31 Å². The van der Waals surface area contributed by atoms with E-state index < -0.39 is 10.0 Å². The lowest BCUT2D eigenvalue weighted by Gasteiger charge is -2.32. The van der Waals surface area contributed by atoms with E-state index in [4.69, 9.17) is 4.74 Å². The van der Waals surface area contributed by atoms with E-state index in [-0.39, 0.29) is 17.3 Å². The smallest absolute Gasteiger partial charge is 0.265 e. The number of carbonyl (C=O) groups is 1. The molecule has 0 unspecified atom stereocenters. The molecular formula is C20H22BrN3O4S. The fourth-order valence-corrected chi connectivity index (χ4v) is 5.65. The first-order valence-electron chi connectivity index (χ1n) is 9.45. The molecule has 4 rings (SSSR count). The van der Waals surface area contributed by atoms with Crippen LogP contribution in [0.5, 0.6) is 0 Å². The zero-order valence-corrected chi connectivity index (χ0v) is 18.2. The monoisotopic (exact) mass is 479 g/mol. The third-order valence-corrected chi connectivity index (χ3v) is 7.42. The number of hydrogen-bond acceptors (Lipinski definition) is 5. The second-order valence-electron chi connectivity index (χ2n) is 6.97. The number of nitrogens with zero attached hydrogens (tertiary/aromatic N) is 2. The molecule has 1 amide bonds. The Morgan fingerprint density at radius 2 is 1.86 bits per heavy atom. The molecule has 0 aromatic heterocycles. The van der Waals surface area contributed by atoms with Crippen LogP contribution in [0.1, 0.15) is 0 Å². The normalized spacial score (nSPS) is 18.0. The van der Waals surface area contributed by atoms with Crippen molar-refractivity contribution < 1.29 is 17.9 Å². The van der Waals surface area contributed by atoms with Crippen LogP contribution in [0.15, 0.2) is 51.8 Å². The molecule has 2 aliphatic rings. The molecule has 2 aromatic rings. The second kappa shape index (κ2) is 8.43. The minimum atomic E-state index is -3.82. The van der Waals surface area contributed by atoms with Crippen molar-refractivity contribution in [3.63, 3.8) is 0 Å². The quantitative estimate of drug-likeness (QED) is 0.709. The van der Waals surface area contributed by atoms with E-state index >= 15 is 0 Å². The average Bonchev–Trinajstić information content (AvgIpc) is 2.72. The summed E-state index contributed by atoms with van der Waals surface area (Å²) in [4.78, 5) is 15.0. The van der Waals surface area contributed by atoms with Crippen LogP contribution in [0.2, 0.25) is 0 Å². The Kier molecular flexibility index (Phi) is 5.91. The van der Waals surface area contributed by atoms with E-state index in [1.54, 1.807) is 30.3 Å². The maximum absolute atomic E-state index is 13.2. The topological polar surface area (TPSA) is 79.0 Å². The fraction of sp³-hybridized carbons (Fsp3) is 0.350. The molecule has 0 spiro atoms. The zero-order chi connectivity index (χ0) is 20.4. The highest BCUT2D eigenvalue weighted by atomic mass is 79.9. The van der Waals surface area contributed by atoms with Gasteiger partial charge in [-0.05, 0) is 24.3 Å². The summed E-state index contributed by atoms with van der Waals surface area (Å²) in [6, 6.07) is 12.3. The molecular weight excluding hydrogens is 458 g/mol. The summed E-state index contributed by atoms with van der Waals surface area (Å²) >= 11 is 3.45. The largest absolute Gasteiger partial charge is 0.379 e. The number of rotatable bonds is 5. The highest BCUT2D eigenvalue weighted by molar-refractivity contribution is 9.10. The maximum Gasteiger partial charge on any atom is 0.265 e. The minimum absolute atomic E-state index is 0.215. The molecule has 9 heteroatoms. The van der Waals surface area contributed by atoms with Crippen LogP contribution in [0.25, 0.3) is 11.1 Å². The van der Waals surface area contributed by atoms with E-state index in [0.29, 0.717) is 37.6 Å². The van der Waals surface area contributed by atoms with Gasteiger partial charge >= 0.3 is 0 Å². The first kappa shape index (κ1) is 20.3. The first-order valence-corrected chi connectivity index (χ1v) is 11.7. The number of amides is 1. The Hall–Kier alpha value is -1.94. The molecule has 154 valence electrons. The number of benzene rings is 2. The minimum Gasteiger partial charge on any atom is -0.379 e. The van der Waals surface area contributed by atoms with Crippen molar-refractivity contribution in [2.24, 2.45) is 0 Å². The lowest BCUT2D eigenvalue weighted by atomic mass is 10.0. The molecule has 7 nitrogen and oxygen atoms in total. The molecule has 0 atom stereocenters. The summed E-state index contributed by atoms with van der Waals surface area (Å²) in [6.45, 7) is 4.02. The first-order chi connectivity index (χ1) is 14.0. The van der Waals surface area contributed by atoms with Crippen LogP contribution in [0, 0.1) is 0 Å². The van der Waals surface area contributed by atoms with Crippen LogP contribution >= 0.6 is 15.9 Å². The van der Waals surface area contributed by atoms with Gasteiger partial charge in [-0.2, -0.15) is 0 Å². The van der Waals surface area contributed by atoms with E-state index in [1.807, 2.05) is 12.1 Å². The molecule has 2 aromatic carbocycles. The van der Waals surface area contributed by atoms with Crippen molar-refractivity contribution in [2.45, 2.75) is 4.90 Å². The number of carbonyl (C=O) groups excluding carboxylic acids is 1. The molecule has 0 bridgehead atoms. The second-order valence-corrected chi connectivity index (χ2v) is 9.72. The van der Waals surface area contributed by atoms with Crippen molar-refractivity contribution in [3.8, 4) is 11.1 Å². The summed E-state index contributed by atoms with van der Waals surface area (Å²) in [5, 5.41) is 2.84. The Labute approximate surface area is 178 Å². The standard InChI is InChI=1S/C20H22BrN3O4S/c21-15-5-6-18-17(13-15)16-3-1-2-4-19(16)29(26,27)24(18)14-20(25)22-7-8-23-9-11-28-12-10-23/h1-6,13H,7-12,14H2,(H,22,25). The van der Waals surface area contributed by atoms with Crippen molar-refractivity contribution in [1.29, 1.82) is 0 Å². The van der Waals surface area contributed by atoms with Crippen molar-refractivity contribution in [1.82, 2.24) is 10.2 Å². The SMILES string of the molecule is O=C(CN1c2ccc(Br)cc2-c2ccccc2S1(=O)=O)NCCN1CCOCC1. The number of morpholine rings is 1. The van der Waals surface area contributed by atoms with E-state index in [2.05, 4.69) is 26.1 Å². The van der Waals surface area contributed by atoms with Crippen LogP contribution in [-0.2, 0) is 19.6 Å². The zero-order valence-electron chi connectivity index (χ0n) is 15.8. The third kappa shape index (κ3) is 4.18. The van der Waals surface area contributed by atoms with Gasteiger partial charge in [-0.25, -0.2) is 8.42 Å². The Morgan fingerprint density at radius 1 is 1.10 bits per heavy atom. The van der Waals surface area contributed by atoms with Gasteiger partial charge in [0.2, 0.25) is 5.91 Å². The number of nitrogens with one attached hydrogen (secondary N) is 1. The maximum atomic E-state index is 13.2. The van der Waals surface area contributed by atoms with Crippen molar-refractivity contribution >= 4 is 37.5 Å². The Balaban J connectivity index is 1.53. The van der Waals surface area contributed by atoms with Crippen LogP contribution < -0.4 is 9.62 Å². The number of sulfonamides is 1. The Bertz CT molecular complexity index is 1020. The van der Waals surface area contributed by atoms with Gasteiger partial charge in [-0.3, -0.25) is 14.0 Å². The van der Waals surface area contributed by atoms with E-state index in [0.717, 1.165) is 23.1 Å². The molecule has 1 N–H and O–H groups in total. The highest BCUT2D eigenvalue weighted by Crippen LogP contribution is 2.43. The third-order valence-electron chi connectivity index (χ3n) is 5.11. The van der Waals surface area contributed by atoms with Crippen molar-refractivity contribution in [2.75, 3.05) is 50.2 Å².